The van der Waals surface area contributed by atoms with E-state index in [1.165, 1.54) is 6.07 Å². The lowest BCUT2D eigenvalue weighted by Gasteiger charge is -2.53. The Labute approximate surface area is 177 Å². The molecule has 1 N–H and O–H groups in total. The largest absolute Gasteiger partial charge is 0.355 e. The number of nitrogens with zero attached hydrogens (tertiary/aromatic N) is 1. The van der Waals surface area contributed by atoms with Crippen molar-refractivity contribution in [2.45, 2.75) is 57.4 Å². The Morgan fingerprint density at radius 2 is 1.77 bits per heavy atom. The van der Waals surface area contributed by atoms with Crippen molar-refractivity contribution in [3.63, 3.8) is 0 Å². The molecule has 4 nitrogen and oxygen atoms in total. The molecule has 1 heterocycles. The topological polar surface area (TPSA) is 49.4 Å². The van der Waals surface area contributed by atoms with Gasteiger partial charge in [0.25, 0.3) is 5.91 Å². The SMILES string of the molecule is CC(C)CNC(=O)C1c2ccccc2C(=O)N(c2ccccc2F)C12CCCCC2. The maximum absolute atomic E-state index is 14.9. The minimum atomic E-state index is -0.757. The second-order valence-electron chi connectivity index (χ2n) is 8.92. The molecule has 2 aromatic rings. The van der Waals surface area contributed by atoms with Gasteiger partial charge in [0.05, 0.1) is 17.1 Å². The molecular formula is C25H29FN2O2. The molecule has 4 rings (SSSR count). The second-order valence-corrected chi connectivity index (χ2v) is 8.92. The molecular weight excluding hydrogens is 379 g/mol. The van der Waals surface area contributed by atoms with Gasteiger partial charge in [0, 0.05) is 12.1 Å². The maximum atomic E-state index is 14.9. The van der Waals surface area contributed by atoms with Gasteiger partial charge in [-0.25, -0.2) is 4.39 Å². The number of fused-ring (bicyclic) bond motifs is 1. The summed E-state index contributed by atoms with van der Waals surface area (Å²) >= 11 is 0. The van der Waals surface area contributed by atoms with Gasteiger partial charge >= 0.3 is 0 Å². The summed E-state index contributed by atoms with van der Waals surface area (Å²) in [6.07, 6.45) is 4.24. The first-order valence-electron chi connectivity index (χ1n) is 10.9. The highest BCUT2D eigenvalue weighted by Crippen LogP contribution is 2.51. The lowest BCUT2D eigenvalue weighted by molar-refractivity contribution is -0.124. The molecule has 30 heavy (non-hydrogen) atoms. The Morgan fingerprint density at radius 3 is 2.47 bits per heavy atom. The summed E-state index contributed by atoms with van der Waals surface area (Å²) in [5, 5.41) is 3.10. The average Bonchev–Trinajstić information content (AvgIpc) is 2.74. The summed E-state index contributed by atoms with van der Waals surface area (Å²) in [6, 6.07) is 13.7. The fraction of sp³-hybridized carbons (Fsp3) is 0.440. The van der Waals surface area contributed by atoms with E-state index in [4.69, 9.17) is 0 Å². The number of carbonyl (C=O) groups excluding carboxylic acids is 2. The maximum Gasteiger partial charge on any atom is 0.259 e. The predicted molar refractivity (Wildman–Crippen MR) is 116 cm³/mol. The molecule has 1 spiro atoms. The lowest BCUT2D eigenvalue weighted by Crippen LogP contribution is -2.63. The number of halogens is 1. The number of anilines is 1. The van der Waals surface area contributed by atoms with Crippen LogP contribution in [0.5, 0.6) is 0 Å². The van der Waals surface area contributed by atoms with Crippen molar-refractivity contribution >= 4 is 17.5 Å². The summed E-state index contributed by atoms with van der Waals surface area (Å²) < 4.78 is 14.9. The van der Waals surface area contributed by atoms with Crippen LogP contribution in [0.2, 0.25) is 0 Å². The summed E-state index contributed by atoms with van der Waals surface area (Å²) in [5.41, 5.74) is 0.757. The van der Waals surface area contributed by atoms with Gasteiger partial charge < -0.3 is 5.32 Å². The number of amides is 2. The molecule has 2 amide bonds. The summed E-state index contributed by atoms with van der Waals surface area (Å²) in [5.74, 6) is -0.932. The van der Waals surface area contributed by atoms with Gasteiger partial charge in [0.15, 0.2) is 0 Å². The van der Waals surface area contributed by atoms with Crippen LogP contribution in [0.3, 0.4) is 0 Å². The Balaban J connectivity index is 1.92. The fourth-order valence-electron chi connectivity index (χ4n) is 5.14. The number of rotatable bonds is 4. The zero-order valence-electron chi connectivity index (χ0n) is 17.7. The number of hydrogen-bond donors (Lipinski definition) is 1. The molecule has 2 aromatic carbocycles. The Hall–Kier alpha value is -2.69. The molecule has 1 aliphatic carbocycles. The van der Waals surface area contributed by atoms with E-state index < -0.39 is 17.3 Å². The van der Waals surface area contributed by atoms with E-state index in [1.54, 1.807) is 35.2 Å². The van der Waals surface area contributed by atoms with E-state index in [-0.39, 0.29) is 17.5 Å². The summed E-state index contributed by atoms with van der Waals surface area (Å²) in [4.78, 5) is 28.9. The number of carbonyl (C=O) groups is 2. The van der Waals surface area contributed by atoms with Crippen LogP contribution in [-0.2, 0) is 4.79 Å². The van der Waals surface area contributed by atoms with Crippen molar-refractivity contribution in [2.75, 3.05) is 11.4 Å². The molecule has 0 radical (unpaired) electrons. The first-order chi connectivity index (χ1) is 14.5. The molecule has 0 bridgehead atoms. The van der Waals surface area contributed by atoms with Crippen molar-refractivity contribution in [1.82, 2.24) is 5.32 Å². The van der Waals surface area contributed by atoms with E-state index >= 15 is 0 Å². The number of hydrogen-bond acceptors (Lipinski definition) is 2. The molecule has 0 aromatic heterocycles. The molecule has 2 aliphatic rings. The van der Waals surface area contributed by atoms with Gasteiger partial charge in [-0.3, -0.25) is 14.5 Å². The Kier molecular flexibility index (Phi) is 5.63. The van der Waals surface area contributed by atoms with E-state index in [0.29, 0.717) is 30.9 Å². The van der Waals surface area contributed by atoms with Crippen LogP contribution in [0.25, 0.3) is 0 Å². The summed E-state index contributed by atoms with van der Waals surface area (Å²) in [6.45, 7) is 4.68. The zero-order chi connectivity index (χ0) is 21.3. The fourth-order valence-corrected chi connectivity index (χ4v) is 5.14. The van der Waals surface area contributed by atoms with E-state index in [0.717, 1.165) is 24.8 Å². The highest BCUT2D eigenvalue weighted by molar-refractivity contribution is 6.12. The minimum Gasteiger partial charge on any atom is -0.355 e. The van der Waals surface area contributed by atoms with Crippen molar-refractivity contribution in [1.29, 1.82) is 0 Å². The van der Waals surface area contributed by atoms with Crippen LogP contribution in [0.15, 0.2) is 48.5 Å². The van der Waals surface area contributed by atoms with Gasteiger partial charge in [-0.1, -0.05) is 63.4 Å². The molecule has 5 heteroatoms. The van der Waals surface area contributed by atoms with Gasteiger partial charge in [-0.2, -0.15) is 0 Å². The van der Waals surface area contributed by atoms with Crippen molar-refractivity contribution in [2.24, 2.45) is 5.92 Å². The van der Waals surface area contributed by atoms with Crippen LogP contribution in [0, 0.1) is 11.7 Å². The third-order valence-corrected chi connectivity index (χ3v) is 6.45. The number of para-hydroxylation sites is 1. The van der Waals surface area contributed by atoms with Crippen LogP contribution < -0.4 is 10.2 Å². The summed E-state index contributed by atoms with van der Waals surface area (Å²) in [7, 11) is 0. The Bertz CT molecular complexity index is 950. The molecule has 1 atom stereocenters. The Morgan fingerprint density at radius 1 is 1.10 bits per heavy atom. The number of nitrogens with one attached hydrogen (secondary N) is 1. The molecule has 1 aliphatic heterocycles. The standard InChI is InChI=1S/C25H29FN2O2/c1-17(2)16-27-23(29)22-18-10-4-5-11-19(18)24(30)28(21-13-7-6-12-20(21)26)25(22)14-8-3-9-15-25/h4-7,10-13,17,22H,3,8-9,14-16H2,1-2H3,(H,27,29). The van der Waals surface area contributed by atoms with Gasteiger partial charge in [0.2, 0.25) is 5.91 Å². The highest BCUT2D eigenvalue weighted by Gasteiger charge is 2.55. The van der Waals surface area contributed by atoms with Crippen LogP contribution in [0.1, 0.15) is 67.8 Å². The molecule has 1 saturated carbocycles. The normalized spacial score (nSPS) is 20.3. The minimum absolute atomic E-state index is 0.0770. The smallest absolute Gasteiger partial charge is 0.259 e. The first kappa shape index (κ1) is 20.6. The van der Waals surface area contributed by atoms with E-state index in [2.05, 4.69) is 19.2 Å². The average molecular weight is 409 g/mol. The molecule has 1 unspecified atom stereocenters. The molecule has 0 saturated heterocycles. The van der Waals surface area contributed by atoms with Crippen LogP contribution >= 0.6 is 0 Å². The molecule has 1 fully saturated rings. The second kappa shape index (κ2) is 8.21. The van der Waals surface area contributed by atoms with Crippen molar-refractivity contribution in [3.8, 4) is 0 Å². The predicted octanol–water partition coefficient (Wildman–Crippen LogP) is 5.04. The van der Waals surface area contributed by atoms with Crippen molar-refractivity contribution in [3.05, 3.63) is 65.5 Å². The third kappa shape index (κ3) is 3.40. The van der Waals surface area contributed by atoms with E-state index in [9.17, 15) is 14.0 Å². The third-order valence-electron chi connectivity index (χ3n) is 6.45. The van der Waals surface area contributed by atoms with Gasteiger partial charge in [-0.15, -0.1) is 0 Å². The first-order valence-corrected chi connectivity index (χ1v) is 10.9. The van der Waals surface area contributed by atoms with Crippen LogP contribution in [-0.4, -0.2) is 23.9 Å². The van der Waals surface area contributed by atoms with Crippen molar-refractivity contribution < 1.29 is 14.0 Å². The highest BCUT2D eigenvalue weighted by atomic mass is 19.1. The van der Waals surface area contributed by atoms with Crippen LogP contribution in [0.4, 0.5) is 10.1 Å². The lowest BCUT2D eigenvalue weighted by atomic mass is 9.65. The monoisotopic (exact) mass is 408 g/mol. The quantitative estimate of drug-likeness (QED) is 0.770. The van der Waals surface area contributed by atoms with Gasteiger partial charge in [-0.05, 0) is 42.5 Å². The van der Waals surface area contributed by atoms with E-state index in [1.807, 2.05) is 12.1 Å². The molecule has 158 valence electrons. The van der Waals surface area contributed by atoms with Gasteiger partial charge in [0.1, 0.15) is 5.82 Å². The zero-order valence-corrected chi connectivity index (χ0v) is 17.7. The number of benzene rings is 2.